The molecule has 0 aliphatic carbocycles. The molecule has 1 heterocycles. The van der Waals surface area contributed by atoms with Crippen LogP contribution in [0.15, 0.2) is 4.52 Å². The van der Waals surface area contributed by atoms with Gasteiger partial charge in [-0.25, -0.2) is 4.79 Å². The Morgan fingerprint density at radius 2 is 2.35 bits per heavy atom. The molecule has 0 saturated carbocycles. The zero-order chi connectivity index (χ0) is 12.8. The molecular weight excluding hydrogens is 226 g/mol. The van der Waals surface area contributed by atoms with Crippen molar-refractivity contribution in [3.63, 3.8) is 0 Å². The lowest BCUT2D eigenvalue weighted by Gasteiger charge is -2.17. The van der Waals surface area contributed by atoms with Gasteiger partial charge in [-0.3, -0.25) is 4.79 Å². The molecule has 0 aliphatic rings. The van der Waals surface area contributed by atoms with Gasteiger partial charge in [0.15, 0.2) is 0 Å². The van der Waals surface area contributed by atoms with Crippen LogP contribution in [0.1, 0.15) is 42.8 Å². The topological polar surface area (TPSA) is 94.3 Å². The van der Waals surface area contributed by atoms with Crippen LogP contribution in [-0.2, 0) is 9.53 Å². The molecule has 1 N–H and O–H groups in total. The van der Waals surface area contributed by atoms with Crippen LogP contribution in [0.2, 0.25) is 0 Å². The normalized spacial score (nSPS) is 13.8. The Kier molecular flexibility index (Phi) is 4.62. The molecule has 7 heteroatoms. The molecule has 0 aliphatic heterocycles. The SMILES string of the molecule is CCC(C)[C@H](NC=O)c1nc(C(=O)OC)no1. The number of carbonyl (C=O) groups is 2. The maximum Gasteiger partial charge on any atom is 0.379 e. The van der Waals surface area contributed by atoms with E-state index in [-0.39, 0.29) is 17.6 Å². The summed E-state index contributed by atoms with van der Waals surface area (Å²) < 4.78 is 9.40. The number of nitrogens with one attached hydrogen (secondary N) is 1. The van der Waals surface area contributed by atoms with Crippen LogP contribution in [0.25, 0.3) is 0 Å². The molecule has 0 saturated heterocycles. The third-order valence-electron chi connectivity index (χ3n) is 2.54. The highest BCUT2D eigenvalue weighted by molar-refractivity contribution is 5.84. The predicted molar refractivity (Wildman–Crippen MR) is 57.0 cm³/mol. The number of rotatable bonds is 6. The van der Waals surface area contributed by atoms with Crippen molar-refractivity contribution in [1.29, 1.82) is 0 Å². The summed E-state index contributed by atoms with van der Waals surface area (Å²) >= 11 is 0. The minimum absolute atomic E-state index is 0.117. The van der Waals surface area contributed by atoms with Crippen molar-refractivity contribution in [3.05, 3.63) is 11.7 Å². The maximum absolute atomic E-state index is 11.1. The standard InChI is InChI=1S/C10H15N3O4/c1-4-6(2)7(11-5-14)9-12-8(13-17-9)10(15)16-3/h5-7H,4H2,1-3H3,(H,11,14)/t6?,7-/m0/s1. The highest BCUT2D eigenvalue weighted by Crippen LogP contribution is 2.22. The molecule has 0 spiro atoms. The Hall–Kier alpha value is -1.92. The largest absolute Gasteiger partial charge is 0.463 e. The van der Waals surface area contributed by atoms with Crippen LogP contribution in [0, 0.1) is 5.92 Å². The molecule has 1 aromatic heterocycles. The van der Waals surface area contributed by atoms with E-state index in [9.17, 15) is 9.59 Å². The first kappa shape index (κ1) is 13.1. The first-order chi connectivity index (χ1) is 8.13. The van der Waals surface area contributed by atoms with Gasteiger partial charge in [0.05, 0.1) is 7.11 Å². The first-order valence-electron chi connectivity index (χ1n) is 5.25. The molecule has 1 rings (SSSR count). The lowest BCUT2D eigenvalue weighted by atomic mass is 9.99. The van der Waals surface area contributed by atoms with Crippen molar-refractivity contribution in [2.45, 2.75) is 26.3 Å². The first-order valence-corrected chi connectivity index (χ1v) is 5.25. The average Bonchev–Trinajstić information content (AvgIpc) is 2.83. The van der Waals surface area contributed by atoms with Gasteiger partial charge in [0.1, 0.15) is 6.04 Å². The number of nitrogens with zero attached hydrogens (tertiary/aromatic N) is 2. The van der Waals surface area contributed by atoms with Gasteiger partial charge in [0.25, 0.3) is 5.82 Å². The van der Waals surface area contributed by atoms with E-state index in [1.165, 1.54) is 7.11 Å². The summed E-state index contributed by atoms with van der Waals surface area (Å²) in [6.07, 6.45) is 1.39. The van der Waals surface area contributed by atoms with Gasteiger partial charge in [-0.1, -0.05) is 20.3 Å². The second-order valence-electron chi connectivity index (χ2n) is 3.60. The Bertz CT molecular complexity index is 391. The smallest absolute Gasteiger partial charge is 0.379 e. The molecule has 17 heavy (non-hydrogen) atoms. The van der Waals surface area contributed by atoms with Crippen LogP contribution >= 0.6 is 0 Å². The molecule has 1 aromatic rings. The Morgan fingerprint density at radius 3 is 2.88 bits per heavy atom. The number of ether oxygens (including phenoxy) is 1. The van der Waals surface area contributed by atoms with E-state index >= 15 is 0 Å². The molecule has 0 bridgehead atoms. The van der Waals surface area contributed by atoms with E-state index in [0.29, 0.717) is 6.41 Å². The van der Waals surface area contributed by atoms with E-state index in [2.05, 4.69) is 20.2 Å². The summed E-state index contributed by atoms with van der Waals surface area (Å²) in [6.45, 7) is 3.91. The monoisotopic (exact) mass is 241 g/mol. The molecule has 0 fully saturated rings. The van der Waals surface area contributed by atoms with Crippen LogP contribution in [0.5, 0.6) is 0 Å². The average molecular weight is 241 g/mol. The van der Waals surface area contributed by atoms with Crippen molar-refractivity contribution in [2.75, 3.05) is 7.11 Å². The summed E-state index contributed by atoms with van der Waals surface area (Å²) in [4.78, 5) is 25.6. The van der Waals surface area contributed by atoms with Gasteiger partial charge < -0.3 is 14.6 Å². The number of methoxy groups -OCH3 is 1. The van der Waals surface area contributed by atoms with E-state index in [1.807, 2.05) is 13.8 Å². The number of hydrogen-bond donors (Lipinski definition) is 1. The molecule has 1 unspecified atom stereocenters. The molecule has 1 amide bonds. The van der Waals surface area contributed by atoms with E-state index in [1.54, 1.807) is 0 Å². The van der Waals surface area contributed by atoms with Gasteiger partial charge in [-0.05, 0) is 11.1 Å². The van der Waals surface area contributed by atoms with Crippen LogP contribution in [0.4, 0.5) is 0 Å². The Labute approximate surface area is 98.5 Å². The summed E-state index contributed by atoms with van der Waals surface area (Å²) in [5.41, 5.74) is 0. The number of amides is 1. The minimum Gasteiger partial charge on any atom is -0.463 e. The molecule has 7 nitrogen and oxygen atoms in total. The quantitative estimate of drug-likeness (QED) is 0.581. The zero-order valence-corrected chi connectivity index (χ0v) is 9.97. The Balaban J connectivity index is 2.91. The van der Waals surface area contributed by atoms with Crippen molar-refractivity contribution < 1.29 is 18.8 Å². The third-order valence-corrected chi connectivity index (χ3v) is 2.54. The Morgan fingerprint density at radius 1 is 1.65 bits per heavy atom. The zero-order valence-electron chi connectivity index (χ0n) is 9.97. The summed E-state index contributed by atoms with van der Waals surface area (Å²) in [5, 5.41) is 6.08. The van der Waals surface area contributed by atoms with E-state index in [4.69, 9.17) is 4.52 Å². The number of aromatic nitrogens is 2. The summed E-state index contributed by atoms with van der Waals surface area (Å²) in [7, 11) is 1.23. The van der Waals surface area contributed by atoms with Crippen molar-refractivity contribution in [2.24, 2.45) is 5.92 Å². The number of hydrogen-bond acceptors (Lipinski definition) is 6. The highest BCUT2D eigenvalue weighted by Gasteiger charge is 2.25. The molecule has 0 radical (unpaired) electrons. The van der Waals surface area contributed by atoms with Crippen molar-refractivity contribution in [3.8, 4) is 0 Å². The summed E-state index contributed by atoms with van der Waals surface area (Å²) in [6, 6.07) is -0.400. The van der Waals surface area contributed by atoms with Gasteiger partial charge in [-0.15, -0.1) is 0 Å². The van der Waals surface area contributed by atoms with Crippen molar-refractivity contribution in [1.82, 2.24) is 15.5 Å². The second-order valence-corrected chi connectivity index (χ2v) is 3.60. The minimum atomic E-state index is -0.672. The fraction of sp³-hybridized carbons (Fsp3) is 0.600. The summed E-state index contributed by atoms with van der Waals surface area (Å²) in [5.74, 6) is -0.504. The fourth-order valence-corrected chi connectivity index (χ4v) is 1.32. The van der Waals surface area contributed by atoms with Crippen LogP contribution in [0.3, 0.4) is 0 Å². The maximum atomic E-state index is 11.1. The lowest BCUT2D eigenvalue weighted by Crippen LogP contribution is -2.26. The molecule has 0 aromatic carbocycles. The van der Waals surface area contributed by atoms with Crippen LogP contribution in [-0.4, -0.2) is 29.6 Å². The number of carbonyl (C=O) groups excluding carboxylic acids is 2. The van der Waals surface area contributed by atoms with Gasteiger partial charge >= 0.3 is 5.97 Å². The van der Waals surface area contributed by atoms with Gasteiger partial charge in [0, 0.05) is 0 Å². The van der Waals surface area contributed by atoms with Crippen LogP contribution < -0.4 is 5.32 Å². The third kappa shape index (κ3) is 3.02. The highest BCUT2D eigenvalue weighted by atomic mass is 16.5. The van der Waals surface area contributed by atoms with Crippen molar-refractivity contribution >= 4 is 12.4 Å². The molecule has 94 valence electrons. The molecular formula is C10H15N3O4. The van der Waals surface area contributed by atoms with E-state index in [0.717, 1.165) is 6.42 Å². The van der Waals surface area contributed by atoms with E-state index < -0.39 is 12.0 Å². The van der Waals surface area contributed by atoms with Gasteiger partial charge in [-0.2, -0.15) is 4.98 Å². The van der Waals surface area contributed by atoms with Gasteiger partial charge in [0.2, 0.25) is 12.3 Å². The lowest BCUT2D eigenvalue weighted by molar-refractivity contribution is -0.110. The number of esters is 1. The second kappa shape index (κ2) is 5.97. The molecule has 2 atom stereocenters. The predicted octanol–water partition coefficient (Wildman–Crippen LogP) is 0.689. The fourth-order valence-electron chi connectivity index (χ4n) is 1.32.